The van der Waals surface area contributed by atoms with Gasteiger partial charge in [0.25, 0.3) is 0 Å². The molecule has 1 aliphatic carbocycles. The van der Waals surface area contributed by atoms with Gasteiger partial charge in [0.1, 0.15) is 17.6 Å². The highest BCUT2D eigenvalue weighted by Gasteiger charge is 2.34. The zero-order valence-corrected chi connectivity index (χ0v) is 26.5. The van der Waals surface area contributed by atoms with Crippen LogP contribution in [0, 0.1) is 17.7 Å². The number of halogens is 1. The van der Waals surface area contributed by atoms with Crippen molar-refractivity contribution in [3.63, 3.8) is 0 Å². The molecule has 10 nitrogen and oxygen atoms in total. The molecular weight excluding hydrogens is 563 g/mol. The number of nitrogens with zero attached hydrogens (tertiary/aromatic N) is 4. The quantitative estimate of drug-likeness (QED) is 0.351. The molecule has 2 N–H and O–H groups in total. The fraction of sp³-hybridized carbons (Fsp3) is 0.606. The van der Waals surface area contributed by atoms with Gasteiger partial charge in [-0.25, -0.2) is 4.39 Å². The van der Waals surface area contributed by atoms with Crippen molar-refractivity contribution in [1.82, 2.24) is 24.9 Å². The third kappa shape index (κ3) is 8.31. The topological polar surface area (TPSA) is 117 Å². The Bertz CT molecular complexity index is 1320. The molecule has 1 saturated carbocycles. The van der Waals surface area contributed by atoms with Gasteiger partial charge in [0, 0.05) is 63.6 Å². The van der Waals surface area contributed by atoms with Gasteiger partial charge in [0.05, 0.1) is 5.69 Å². The first-order valence-corrected chi connectivity index (χ1v) is 16.0. The predicted octanol–water partition coefficient (Wildman–Crippen LogP) is 4.05. The Morgan fingerprint density at radius 1 is 1.07 bits per heavy atom. The molecule has 2 aliphatic rings. The zero-order valence-electron chi connectivity index (χ0n) is 26.5. The van der Waals surface area contributed by atoms with E-state index in [2.05, 4.69) is 20.6 Å². The molecule has 1 aliphatic heterocycles. The van der Waals surface area contributed by atoms with E-state index in [9.17, 15) is 19.2 Å². The maximum Gasteiger partial charge on any atom is 0.245 e. The van der Waals surface area contributed by atoms with E-state index in [1.165, 1.54) is 12.1 Å². The molecule has 11 heteroatoms. The number of hydrogen-bond donors (Lipinski definition) is 2. The molecule has 0 unspecified atom stereocenters. The van der Waals surface area contributed by atoms with Crippen molar-refractivity contribution in [2.45, 2.75) is 90.8 Å². The Labute approximate surface area is 259 Å². The number of carbonyl (C=O) groups excluding carboxylic acids is 4. The Hall–Kier alpha value is -3.60. The molecule has 2 aromatic rings. The second-order valence-electron chi connectivity index (χ2n) is 12.3. The van der Waals surface area contributed by atoms with Gasteiger partial charge < -0.3 is 20.4 Å². The predicted molar refractivity (Wildman–Crippen MR) is 167 cm³/mol. The van der Waals surface area contributed by atoms with E-state index in [4.69, 9.17) is 0 Å². The number of aromatic nitrogens is 2. The van der Waals surface area contributed by atoms with Gasteiger partial charge in [-0.3, -0.25) is 23.9 Å². The van der Waals surface area contributed by atoms with Crippen molar-refractivity contribution < 1.29 is 23.6 Å². The number of nitrogens with one attached hydrogen (secondary N) is 2. The molecule has 0 radical (unpaired) electrons. The van der Waals surface area contributed by atoms with Gasteiger partial charge in [0.2, 0.25) is 17.7 Å². The molecule has 44 heavy (non-hydrogen) atoms. The summed E-state index contributed by atoms with van der Waals surface area (Å²) in [6.07, 6.45) is 6.78. The summed E-state index contributed by atoms with van der Waals surface area (Å²) in [6.45, 7) is 8.19. The summed E-state index contributed by atoms with van der Waals surface area (Å²) >= 11 is 0. The van der Waals surface area contributed by atoms with Crippen LogP contribution in [0.15, 0.2) is 30.5 Å². The van der Waals surface area contributed by atoms with Crippen molar-refractivity contribution in [3.05, 3.63) is 47.5 Å². The first-order valence-electron chi connectivity index (χ1n) is 16.0. The van der Waals surface area contributed by atoms with Crippen LogP contribution in [0.1, 0.15) is 81.8 Å². The fourth-order valence-corrected chi connectivity index (χ4v) is 6.55. The van der Waals surface area contributed by atoms with Crippen molar-refractivity contribution in [1.29, 1.82) is 0 Å². The molecule has 1 aromatic heterocycles. The lowest BCUT2D eigenvalue weighted by molar-refractivity contribution is -0.140. The van der Waals surface area contributed by atoms with Crippen molar-refractivity contribution >= 4 is 29.2 Å². The monoisotopic (exact) mass is 610 g/mol. The van der Waals surface area contributed by atoms with E-state index >= 15 is 4.39 Å². The lowest BCUT2D eigenvalue weighted by Gasteiger charge is -2.40. The van der Waals surface area contributed by atoms with Crippen LogP contribution in [0.5, 0.6) is 0 Å². The molecule has 2 fully saturated rings. The molecule has 3 atom stereocenters. The van der Waals surface area contributed by atoms with E-state index in [0.29, 0.717) is 24.3 Å². The van der Waals surface area contributed by atoms with E-state index < -0.39 is 17.8 Å². The zero-order chi connectivity index (χ0) is 31.8. The first kappa shape index (κ1) is 33.3. The summed E-state index contributed by atoms with van der Waals surface area (Å²) in [5.41, 5.74) is 1.03. The highest BCUT2D eigenvalue weighted by molar-refractivity contribution is 6.00. The number of carbonyl (C=O) groups is 4. The van der Waals surface area contributed by atoms with E-state index in [0.717, 1.165) is 45.2 Å². The maximum atomic E-state index is 15.5. The molecule has 4 rings (SSSR count). The summed E-state index contributed by atoms with van der Waals surface area (Å²) in [6, 6.07) is 5.31. The Morgan fingerprint density at radius 2 is 1.82 bits per heavy atom. The Morgan fingerprint density at radius 3 is 2.48 bits per heavy atom. The number of piperazine rings is 1. The number of rotatable bonds is 12. The number of hydrogen-bond acceptors (Lipinski definition) is 6. The van der Waals surface area contributed by atoms with Crippen molar-refractivity contribution in [2.75, 3.05) is 32.0 Å². The molecule has 0 spiro atoms. The number of Topliss-reactive ketones (excluding diaryl/α,β-unsaturated/α-hetero) is 1. The number of likely N-dealkylation sites (N-methyl/N-ethyl adjacent to an activating group) is 1. The molecular formula is C33H47FN6O4. The average molecular weight is 611 g/mol. The van der Waals surface area contributed by atoms with Gasteiger partial charge in [0.15, 0.2) is 5.78 Å². The highest BCUT2D eigenvalue weighted by atomic mass is 19.1. The molecule has 1 saturated heterocycles. The van der Waals surface area contributed by atoms with Crippen molar-refractivity contribution in [2.24, 2.45) is 11.8 Å². The number of anilines is 1. The first-order chi connectivity index (χ1) is 21.1. The van der Waals surface area contributed by atoms with Crippen LogP contribution in [0.2, 0.25) is 0 Å². The highest BCUT2D eigenvalue weighted by Crippen LogP contribution is 2.34. The van der Waals surface area contributed by atoms with Gasteiger partial charge in [-0.05, 0) is 63.4 Å². The van der Waals surface area contributed by atoms with Gasteiger partial charge in [-0.15, -0.1) is 0 Å². The second kappa shape index (κ2) is 15.4. The number of aryl methyl sites for hydroxylation is 1. The maximum absolute atomic E-state index is 15.5. The van der Waals surface area contributed by atoms with Crippen LogP contribution in [-0.2, 0) is 27.3 Å². The van der Waals surface area contributed by atoms with Crippen LogP contribution >= 0.6 is 0 Å². The van der Waals surface area contributed by atoms with Crippen LogP contribution in [0.25, 0.3) is 0 Å². The second-order valence-corrected chi connectivity index (χ2v) is 12.3. The van der Waals surface area contributed by atoms with Gasteiger partial charge >= 0.3 is 0 Å². The van der Waals surface area contributed by atoms with Crippen LogP contribution < -0.4 is 10.6 Å². The van der Waals surface area contributed by atoms with E-state index in [-0.39, 0.29) is 60.4 Å². The lowest BCUT2D eigenvalue weighted by atomic mass is 9.77. The summed E-state index contributed by atoms with van der Waals surface area (Å²) < 4.78 is 17.1. The van der Waals surface area contributed by atoms with Crippen LogP contribution in [0.3, 0.4) is 0 Å². The molecule has 0 bridgehead atoms. The smallest absolute Gasteiger partial charge is 0.245 e. The van der Waals surface area contributed by atoms with Gasteiger partial charge in [-0.1, -0.05) is 32.3 Å². The normalized spacial score (nSPS) is 19.3. The number of amides is 3. The Kier molecular flexibility index (Phi) is 11.7. The fourth-order valence-electron chi connectivity index (χ4n) is 6.55. The van der Waals surface area contributed by atoms with Crippen molar-refractivity contribution in [3.8, 4) is 0 Å². The Balaban J connectivity index is 1.48. The molecule has 2 heterocycles. The minimum atomic E-state index is -0.827. The molecule has 240 valence electrons. The van der Waals surface area contributed by atoms with E-state index in [1.807, 2.05) is 20.9 Å². The van der Waals surface area contributed by atoms with Crippen LogP contribution in [-0.4, -0.2) is 81.9 Å². The molecule has 1 aromatic carbocycles. The minimum absolute atomic E-state index is 0.0110. The minimum Gasteiger partial charge on any atom is -0.344 e. The number of ketones is 1. The molecule has 3 amide bonds. The number of benzene rings is 1. The summed E-state index contributed by atoms with van der Waals surface area (Å²) in [5.74, 6) is -2.13. The lowest BCUT2D eigenvalue weighted by Crippen LogP contribution is -2.58. The van der Waals surface area contributed by atoms with Gasteiger partial charge in [-0.2, -0.15) is 5.10 Å². The van der Waals surface area contributed by atoms with Crippen LogP contribution in [0.4, 0.5) is 10.1 Å². The standard InChI is InChI=1S/C33H47FN6O4/c1-5-31(42)36-28(33(44)39-17-16-38(4)21-22(39)3)19-23-12-13-27(26(34)18-23)37-32(43)25(24-10-8-7-9-11-24)20-30(41)29-14-15-35-40(29)6-2/h12-15,18,22,24-25,28H,5-11,16-17,19-21H2,1-4H3,(H,36,42)(H,37,43)/t22-,25+,28-/m1/s1. The SMILES string of the molecule is CCC(=O)N[C@H](Cc1ccc(NC(=O)[C@@H](CC(=O)c2ccnn2CC)C2CCCCC2)c(F)c1)C(=O)N1CCN(C)C[C@H]1C. The summed E-state index contributed by atoms with van der Waals surface area (Å²) in [7, 11) is 2.01. The van der Waals surface area contributed by atoms with E-state index in [1.54, 1.807) is 34.8 Å². The summed E-state index contributed by atoms with van der Waals surface area (Å²) in [4.78, 5) is 56.6. The largest absolute Gasteiger partial charge is 0.344 e. The average Bonchev–Trinajstić information content (AvgIpc) is 3.50. The third-order valence-electron chi connectivity index (χ3n) is 9.06. The third-order valence-corrected chi connectivity index (χ3v) is 9.06. The summed E-state index contributed by atoms with van der Waals surface area (Å²) in [5, 5.41) is 9.77.